The van der Waals surface area contributed by atoms with Crippen LogP contribution in [0.15, 0.2) is 28.7 Å². The molecule has 0 radical (unpaired) electrons. The van der Waals surface area contributed by atoms with E-state index in [2.05, 4.69) is 46.4 Å². The largest absolute Gasteiger partial charge is 0.385 e. The summed E-state index contributed by atoms with van der Waals surface area (Å²) in [7, 11) is 1.71. The van der Waals surface area contributed by atoms with Crippen molar-refractivity contribution in [1.29, 1.82) is 0 Å². The number of hydrogen-bond donors (Lipinski definition) is 1. The zero-order valence-corrected chi connectivity index (χ0v) is 12.7. The van der Waals surface area contributed by atoms with Crippen LogP contribution in [0.25, 0.3) is 0 Å². The third-order valence-electron chi connectivity index (χ3n) is 2.68. The molecule has 18 heavy (non-hydrogen) atoms. The van der Waals surface area contributed by atoms with Gasteiger partial charge in [0.15, 0.2) is 0 Å². The molecule has 1 aromatic carbocycles. The lowest BCUT2D eigenvalue weighted by atomic mass is 10.1. The average molecular weight is 316 g/mol. The number of nitrogens with one attached hydrogen (secondary N) is 1. The minimum absolute atomic E-state index is 0.338. The molecule has 0 aliphatic rings. The normalized spacial score (nSPS) is 12.6. The van der Waals surface area contributed by atoms with Gasteiger partial charge in [0.2, 0.25) is 0 Å². The molecule has 1 N–H and O–H groups in total. The summed E-state index contributed by atoms with van der Waals surface area (Å²) in [5, 5.41) is 3.44. The molecule has 0 spiro atoms. The van der Waals surface area contributed by atoms with E-state index in [9.17, 15) is 0 Å². The van der Waals surface area contributed by atoms with E-state index in [1.165, 1.54) is 5.56 Å². The zero-order chi connectivity index (χ0) is 13.2. The highest BCUT2D eigenvalue weighted by Gasteiger charge is 2.04. The Hall–Kier alpha value is -0.420. The van der Waals surface area contributed by atoms with Gasteiger partial charge < -0.3 is 14.8 Å². The van der Waals surface area contributed by atoms with E-state index in [-0.39, 0.29) is 0 Å². The molecule has 3 nitrogen and oxygen atoms in total. The van der Waals surface area contributed by atoms with Gasteiger partial charge in [0.1, 0.15) is 0 Å². The van der Waals surface area contributed by atoms with Crippen molar-refractivity contribution in [2.75, 3.05) is 33.5 Å². The van der Waals surface area contributed by atoms with Crippen molar-refractivity contribution in [1.82, 2.24) is 5.32 Å². The van der Waals surface area contributed by atoms with Crippen LogP contribution in [0, 0.1) is 0 Å². The van der Waals surface area contributed by atoms with Gasteiger partial charge in [-0.2, -0.15) is 0 Å². The van der Waals surface area contributed by atoms with Crippen molar-refractivity contribution in [2.45, 2.75) is 19.4 Å². The van der Waals surface area contributed by atoms with Crippen LogP contribution in [-0.2, 0) is 9.47 Å². The second-order valence-electron chi connectivity index (χ2n) is 4.19. The van der Waals surface area contributed by atoms with Crippen LogP contribution < -0.4 is 5.32 Å². The molecule has 1 atom stereocenters. The molecular formula is C14H22BrNO2. The lowest BCUT2D eigenvalue weighted by Crippen LogP contribution is -2.23. The number of rotatable bonds is 9. The molecule has 0 aromatic heterocycles. The Balaban J connectivity index is 2.12. The van der Waals surface area contributed by atoms with Gasteiger partial charge in [-0.1, -0.05) is 28.1 Å². The molecule has 1 unspecified atom stereocenters. The Kier molecular flexibility index (Phi) is 8.25. The van der Waals surface area contributed by atoms with Crippen LogP contribution >= 0.6 is 15.9 Å². The van der Waals surface area contributed by atoms with E-state index in [0.717, 1.165) is 37.3 Å². The summed E-state index contributed by atoms with van der Waals surface area (Å²) in [6.45, 7) is 5.29. The van der Waals surface area contributed by atoms with E-state index in [0.29, 0.717) is 6.04 Å². The molecule has 0 saturated carbocycles. The molecule has 0 saturated heterocycles. The van der Waals surface area contributed by atoms with Crippen molar-refractivity contribution >= 4 is 15.9 Å². The summed E-state index contributed by atoms with van der Waals surface area (Å²) in [6.07, 6.45) is 0.956. The highest BCUT2D eigenvalue weighted by atomic mass is 79.9. The first-order valence-electron chi connectivity index (χ1n) is 6.29. The van der Waals surface area contributed by atoms with Crippen molar-refractivity contribution in [3.05, 3.63) is 34.3 Å². The smallest absolute Gasteiger partial charge is 0.0591 e. The van der Waals surface area contributed by atoms with Crippen LogP contribution in [0.3, 0.4) is 0 Å². The first-order chi connectivity index (χ1) is 8.74. The third-order valence-corrected chi connectivity index (χ3v) is 3.18. The number of hydrogen-bond acceptors (Lipinski definition) is 3. The molecule has 0 bridgehead atoms. The lowest BCUT2D eigenvalue weighted by molar-refractivity contribution is 0.103. The zero-order valence-electron chi connectivity index (χ0n) is 11.1. The summed E-state index contributed by atoms with van der Waals surface area (Å²) < 4.78 is 11.6. The van der Waals surface area contributed by atoms with E-state index < -0.39 is 0 Å². The van der Waals surface area contributed by atoms with Gasteiger partial charge in [0.05, 0.1) is 6.61 Å². The van der Waals surface area contributed by atoms with Crippen LogP contribution in [0.5, 0.6) is 0 Å². The first-order valence-corrected chi connectivity index (χ1v) is 7.09. The minimum Gasteiger partial charge on any atom is -0.385 e. The van der Waals surface area contributed by atoms with Crippen LogP contribution in [0.1, 0.15) is 24.9 Å². The van der Waals surface area contributed by atoms with E-state index >= 15 is 0 Å². The molecule has 1 aromatic rings. The predicted molar refractivity (Wildman–Crippen MR) is 77.9 cm³/mol. The van der Waals surface area contributed by atoms with Gasteiger partial charge in [-0.05, 0) is 31.0 Å². The Bertz CT molecular complexity index is 333. The molecule has 0 heterocycles. The SMILES string of the molecule is COCCCOCCNC(C)c1cccc(Br)c1. The van der Waals surface area contributed by atoms with E-state index in [4.69, 9.17) is 9.47 Å². The van der Waals surface area contributed by atoms with Gasteiger partial charge in [-0.25, -0.2) is 0 Å². The average Bonchev–Trinajstić information content (AvgIpc) is 2.37. The van der Waals surface area contributed by atoms with E-state index in [1.54, 1.807) is 7.11 Å². The monoisotopic (exact) mass is 315 g/mol. The summed E-state index contributed by atoms with van der Waals surface area (Å²) in [5.74, 6) is 0. The summed E-state index contributed by atoms with van der Waals surface area (Å²) in [5.41, 5.74) is 1.28. The van der Waals surface area contributed by atoms with Gasteiger partial charge >= 0.3 is 0 Å². The minimum atomic E-state index is 0.338. The van der Waals surface area contributed by atoms with Crippen molar-refractivity contribution in [2.24, 2.45) is 0 Å². The maximum atomic E-state index is 5.49. The standard InChI is InChI=1S/C14H22BrNO2/c1-12(13-5-3-6-14(15)11-13)16-7-10-18-9-4-8-17-2/h3,5-6,11-12,16H,4,7-10H2,1-2H3. The lowest BCUT2D eigenvalue weighted by Gasteiger charge is -2.14. The fourth-order valence-electron chi connectivity index (χ4n) is 1.65. The number of halogens is 1. The number of ether oxygens (including phenoxy) is 2. The Labute approximate surface area is 118 Å². The van der Waals surface area contributed by atoms with Gasteiger partial charge in [0, 0.05) is 37.4 Å². The second-order valence-corrected chi connectivity index (χ2v) is 5.11. The molecule has 0 aliphatic heterocycles. The Morgan fingerprint density at radius 3 is 2.83 bits per heavy atom. The number of methoxy groups -OCH3 is 1. The molecule has 0 amide bonds. The van der Waals surface area contributed by atoms with Crippen LogP contribution in [-0.4, -0.2) is 33.5 Å². The van der Waals surface area contributed by atoms with Crippen LogP contribution in [0.4, 0.5) is 0 Å². The maximum Gasteiger partial charge on any atom is 0.0591 e. The molecule has 102 valence electrons. The van der Waals surface area contributed by atoms with Crippen molar-refractivity contribution < 1.29 is 9.47 Å². The topological polar surface area (TPSA) is 30.5 Å². The molecule has 1 rings (SSSR count). The molecule has 0 fully saturated rings. The fraction of sp³-hybridized carbons (Fsp3) is 0.571. The predicted octanol–water partition coefficient (Wildman–Crippen LogP) is 3.15. The number of benzene rings is 1. The maximum absolute atomic E-state index is 5.49. The second kappa shape index (κ2) is 9.50. The van der Waals surface area contributed by atoms with Gasteiger partial charge in [-0.3, -0.25) is 0 Å². The molecular weight excluding hydrogens is 294 g/mol. The van der Waals surface area contributed by atoms with Crippen molar-refractivity contribution in [3.63, 3.8) is 0 Å². The molecule has 4 heteroatoms. The summed E-state index contributed by atoms with van der Waals surface area (Å²) in [6, 6.07) is 8.69. The Morgan fingerprint density at radius 1 is 1.28 bits per heavy atom. The van der Waals surface area contributed by atoms with Crippen LogP contribution in [0.2, 0.25) is 0 Å². The highest BCUT2D eigenvalue weighted by molar-refractivity contribution is 9.10. The summed E-state index contributed by atoms with van der Waals surface area (Å²) in [4.78, 5) is 0. The van der Waals surface area contributed by atoms with Gasteiger partial charge in [-0.15, -0.1) is 0 Å². The highest BCUT2D eigenvalue weighted by Crippen LogP contribution is 2.17. The molecule has 0 aliphatic carbocycles. The van der Waals surface area contributed by atoms with Gasteiger partial charge in [0.25, 0.3) is 0 Å². The third kappa shape index (κ3) is 6.50. The van der Waals surface area contributed by atoms with E-state index in [1.807, 2.05) is 6.07 Å². The first kappa shape index (κ1) is 15.6. The Morgan fingerprint density at radius 2 is 2.11 bits per heavy atom. The quantitative estimate of drug-likeness (QED) is 0.710. The van der Waals surface area contributed by atoms with Crippen molar-refractivity contribution in [3.8, 4) is 0 Å². The fourth-order valence-corrected chi connectivity index (χ4v) is 2.07. The summed E-state index contributed by atoms with van der Waals surface area (Å²) >= 11 is 3.48.